The minimum absolute atomic E-state index is 0.0626. The summed E-state index contributed by atoms with van der Waals surface area (Å²) in [5, 5.41) is 5.93. The molecule has 0 saturated carbocycles. The van der Waals surface area contributed by atoms with Crippen molar-refractivity contribution in [2.75, 3.05) is 12.4 Å². The van der Waals surface area contributed by atoms with Gasteiger partial charge in [0.25, 0.3) is 5.91 Å². The zero-order valence-corrected chi connectivity index (χ0v) is 16.1. The standard InChI is InChI=1S/C18H18BrClN2O3/c1-11(25-16-8-5-13(20)10-15(16)19)18(24)22-14-6-3-12(4-7-14)9-17(23)21-2/h3-8,10-11H,9H2,1-2H3,(H,21,23)(H,22,24). The Kier molecular flexibility index (Phi) is 6.84. The first-order valence-electron chi connectivity index (χ1n) is 7.61. The lowest BCUT2D eigenvalue weighted by atomic mass is 10.1. The van der Waals surface area contributed by atoms with Gasteiger partial charge in [-0.15, -0.1) is 0 Å². The van der Waals surface area contributed by atoms with Crippen LogP contribution in [-0.4, -0.2) is 25.0 Å². The van der Waals surface area contributed by atoms with E-state index in [2.05, 4.69) is 26.6 Å². The average molecular weight is 426 g/mol. The van der Waals surface area contributed by atoms with Crippen molar-refractivity contribution in [3.8, 4) is 5.75 Å². The summed E-state index contributed by atoms with van der Waals surface area (Å²) in [6.45, 7) is 1.66. The van der Waals surface area contributed by atoms with Crippen LogP contribution in [-0.2, 0) is 16.0 Å². The Morgan fingerprint density at radius 2 is 1.88 bits per heavy atom. The fourth-order valence-electron chi connectivity index (χ4n) is 2.04. The smallest absolute Gasteiger partial charge is 0.265 e. The first kappa shape index (κ1) is 19.3. The maximum Gasteiger partial charge on any atom is 0.265 e. The zero-order valence-electron chi connectivity index (χ0n) is 13.8. The number of nitrogens with one attached hydrogen (secondary N) is 2. The van der Waals surface area contributed by atoms with E-state index in [1.54, 1.807) is 56.4 Å². The van der Waals surface area contributed by atoms with Gasteiger partial charge < -0.3 is 15.4 Å². The summed E-state index contributed by atoms with van der Waals surface area (Å²) in [5.74, 6) is 0.196. The van der Waals surface area contributed by atoms with Crippen molar-refractivity contribution < 1.29 is 14.3 Å². The minimum Gasteiger partial charge on any atom is -0.480 e. The Hall–Kier alpha value is -2.05. The molecular weight excluding hydrogens is 408 g/mol. The van der Waals surface area contributed by atoms with Crippen LogP contribution in [0.1, 0.15) is 12.5 Å². The third-order valence-electron chi connectivity index (χ3n) is 3.43. The molecule has 0 aliphatic rings. The van der Waals surface area contributed by atoms with Gasteiger partial charge in [0, 0.05) is 17.8 Å². The van der Waals surface area contributed by atoms with Crippen molar-refractivity contribution in [2.24, 2.45) is 0 Å². The van der Waals surface area contributed by atoms with Gasteiger partial charge in [0.2, 0.25) is 5.91 Å². The number of rotatable bonds is 6. The van der Waals surface area contributed by atoms with E-state index in [1.807, 2.05) is 0 Å². The van der Waals surface area contributed by atoms with Crippen LogP contribution in [0, 0.1) is 0 Å². The van der Waals surface area contributed by atoms with E-state index >= 15 is 0 Å². The van der Waals surface area contributed by atoms with Crippen LogP contribution in [0.5, 0.6) is 5.75 Å². The van der Waals surface area contributed by atoms with E-state index in [-0.39, 0.29) is 11.8 Å². The molecule has 0 aliphatic heterocycles. The number of anilines is 1. The summed E-state index contributed by atoms with van der Waals surface area (Å²) in [4.78, 5) is 23.6. The van der Waals surface area contributed by atoms with Crippen LogP contribution in [0.2, 0.25) is 5.02 Å². The van der Waals surface area contributed by atoms with Crippen molar-refractivity contribution >= 4 is 45.0 Å². The van der Waals surface area contributed by atoms with Crippen LogP contribution < -0.4 is 15.4 Å². The monoisotopic (exact) mass is 424 g/mol. The van der Waals surface area contributed by atoms with Crippen LogP contribution in [0.3, 0.4) is 0 Å². The lowest BCUT2D eigenvalue weighted by Crippen LogP contribution is -2.30. The Balaban J connectivity index is 1.95. The maximum absolute atomic E-state index is 12.3. The van der Waals surface area contributed by atoms with Gasteiger partial charge in [0.05, 0.1) is 10.9 Å². The Morgan fingerprint density at radius 1 is 1.20 bits per heavy atom. The molecule has 0 heterocycles. The number of ether oxygens (including phenoxy) is 1. The summed E-state index contributed by atoms with van der Waals surface area (Å²) in [6.07, 6.45) is -0.391. The number of halogens is 2. The van der Waals surface area contributed by atoms with Gasteiger partial charge >= 0.3 is 0 Å². The van der Waals surface area contributed by atoms with Gasteiger partial charge in [-0.1, -0.05) is 23.7 Å². The van der Waals surface area contributed by atoms with Crippen LogP contribution in [0.25, 0.3) is 0 Å². The van der Waals surface area contributed by atoms with Crippen LogP contribution in [0.15, 0.2) is 46.9 Å². The second kappa shape index (κ2) is 8.87. The molecule has 0 aliphatic carbocycles. The molecule has 7 heteroatoms. The van der Waals surface area contributed by atoms with Crippen molar-refractivity contribution in [3.63, 3.8) is 0 Å². The predicted octanol–water partition coefficient (Wildman–Crippen LogP) is 3.80. The number of likely N-dealkylation sites (N-methyl/N-ethyl adjacent to an activating group) is 1. The van der Waals surface area contributed by atoms with Crippen LogP contribution >= 0.6 is 27.5 Å². The highest BCUT2D eigenvalue weighted by atomic mass is 79.9. The van der Waals surface area contributed by atoms with Gasteiger partial charge in [-0.05, 0) is 58.7 Å². The van der Waals surface area contributed by atoms with Crippen molar-refractivity contribution in [3.05, 3.63) is 57.5 Å². The van der Waals surface area contributed by atoms with Gasteiger partial charge in [-0.2, -0.15) is 0 Å². The zero-order chi connectivity index (χ0) is 18.4. The Morgan fingerprint density at radius 3 is 2.48 bits per heavy atom. The summed E-state index contributed by atoms with van der Waals surface area (Å²) < 4.78 is 6.33. The van der Waals surface area contributed by atoms with Gasteiger partial charge in [-0.25, -0.2) is 0 Å². The lowest BCUT2D eigenvalue weighted by molar-refractivity contribution is -0.122. The molecule has 0 radical (unpaired) electrons. The first-order valence-corrected chi connectivity index (χ1v) is 8.78. The number of carbonyl (C=O) groups excluding carboxylic acids is 2. The summed E-state index contributed by atoms with van der Waals surface area (Å²) in [5.41, 5.74) is 1.50. The van der Waals surface area contributed by atoms with E-state index in [0.717, 1.165) is 5.56 Å². The summed E-state index contributed by atoms with van der Waals surface area (Å²) >= 11 is 9.24. The quantitative estimate of drug-likeness (QED) is 0.740. The molecule has 1 atom stereocenters. The predicted molar refractivity (Wildman–Crippen MR) is 102 cm³/mol. The van der Waals surface area contributed by atoms with E-state index in [9.17, 15) is 9.59 Å². The third-order valence-corrected chi connectivity index (χ3v) is 4.29. The Bertz CT molecular complexity index is 765. The number of amides is 2. The maximum atomic E-state index is 12.3. The van der Waals surface area contributed by atoms with E-state index in [0.29, 0.717) is 27.4 Å². The molecule has 132 valence electrons. The fourth-order valence-corrected chi connectivity index (χ4v) is 2.81. The molecular formula is C18H18BrClN2O3. The van der Waals surface area contributed by atoms with Gasteiger partial charge in [0.1, 0.15) is 5.75 Å². The molecule has 0 aromatic heterocycles. The summed E-state index contributed by atoms with van der Waals surface area (Å²) in [7, 11) is 1.59. The van der Waals surface area contributed by atoms with E-state index in [4.69, 9.17) is 16.3 Å². The molecule has 2 aromatic carbocycles. The third kappa shape index (κ3) is 5.76. The van der Waals surface area contributed by atoms with Crippen molar-refractivity contribution in [2.45, 2.75) is 19.4 Å². The number of benzene rings is 2. The molecule has 2 aromatic rings. The lowest BCUT2D eigenvalue weighted by Gasteiger charge is -2.16. The minimum atomic E-state index is -0.692. The molecule has 0 bridgehead atoms. The molecule has 25 heavy (non-hydrogen) atoms. The van der Waals surface area contributed by atoms with Gasteiger partial charge in [-0.3, -0.25) is 9.59 Å². The van der Waals surface area contributed by atoms with E-state index < -0.39 is 6.10 Å². The molecule has 5 nitrogen and oxygen atoms in total. The molecule has 2 rings (SSSR count). The summed E-state index contributed by atoms with van der Waals surface area (Å²) in [6, 6.07) is 12.2. The Labute approximate surface area is 159 Å². The highest BCUT2D eigenvalue weighted by molar-refractivity contribution is 9.10. The molecule has 1 unspecified atom stereocenters. The first-order chi connectivity index (χ1) is 11.9. The number of carbonyl (C=O) groups is 2. The second-order valence-corrected chi connectivity index (χ2v) is 6.66. The van der Waals surface area contributed by atoms with Gasteiger partial charge in [0.15, 0.2) is 6.10 Å². The van der Waals surface area contributed by atoms with Crippen molar-refractivity contribution in [1.82, 2.24) is 5.32 Å². The molecule has 0 saturated heterocycles. The highest BCUT2D eigenvalue weighted by Crippen LogP contribution is 2.28. The number of hydrogen-bond donors (Lipinski definition) is 2. The second-order valence-electron chi connectivity index (χ2n) is 5.37. The highest BCUT2D eigenvalue weighted by Gasteiger charge is 2.16. The largest absolute Gasteiger partial charge is 0.480 e. The molecule has 0 spiro atoms. The molecule has 2 N–H and O–H groups in total. The fraction of sp³-hybridized carbons (Fsp3) is 0.222. The number of hydrogen-bond acceptors (Lipinski definition) is 3. The topological polar surface area (TPSA) is 67.4 Å². The normalized spacial score (nSPS) is 11.5. The van der Waals surface area contributed by atoms with Crippen LogP contribution in [0.4, 0.5) is 5.69 Å². The van der Waals surface area contributed by atoms with E-state index in [1.165, 1.54) is 0 Å². The van der Waals surface area contributed by atoms with Crippen molar-refractivity contribution in [1.29, 1.82) is 0 Å². The SMILES string of the molecule is CNC(=O)Cc1ccc(NC(=O)C(C)Oc2ccc(Cl)cc2Br)cc1. The molecule has 2 amide bonds. The molecule has 0 fully saturated rings. The average Bonchev–Trinajstić information content (AvgIpc) is 2.58.